The Morgan fingerprint density at radius 3 is 2.24 bits per heavy atom. The predicted molar refractivity (Wildman–Crippen MR) is 73.6 cm³/mol. The molecule has 1 aromatic rings. The second-order valence-corrected chi connectivity index (χ2v) is 7.24. The SMILES string of the molecule is CCNC(Cc1ccc(S(=O)(=O)C(F)(F)F)cc1)C1CC1. The number of alkyl halides is 3. The fraction of sp³-hybridized carbons (Fsp3) is 0.571. The van der Waals surface area contributed by atoms with E-state index in [-0.39, 0.29) is 0 Å². The Kier molecular flexibility index (Phi) is 4.63. The van der Waals surface area contributed by atoms with E-state index in [9.17, 15) is 21.6 Å². The Morgan fingerprint density at radius 2 is 1.81 bits per heavy atom. The minimum Gasteiger partial charge on any atom is -0.314 e. The summed E-state index contributed by atoms with van der Waals surface area (Å²) in [6.07, 6.45) is 3.03. The minimum atomic E-state index is -5.26. The van der Waals surface area contributed by atoms with E-state index in [2.05, 4.69) is 5.32 Å². The largest absolute Gasteiger partial charge is 0.501 e. The van der Waals surface area contributed by atoms with Gasteiger partial charge in [0.25, 0.3) is 9.84 Å². The highest BCUT2D eigenvalue weighted by atomic mass is 32.2. The number of hydrogen-bond donors (Lipinski definition) is 1. The monoisotopic (exact) mass is 321 g/mol. The van der Waals surface area contributed by atoms with Gasteiger partial charge >= 0.3 is 5.51 Å². The highest BCUT2D eigenvalue weighted by Crippen LogP contribution is 2.34. The van der Waals surface area contributed by atoms with Gasteiger partial charge in [-0.05, 0) is 49.4 Å². The zero-order valence-electron chi connectivity index (χ0n) is 11.7. The molecule has 1 aliphatic carbocycles. The average Bonchev–Trinajstić information content (AvgIpc) is 3.22. The molecule has 1 aromatic carbocycles. The van der Waals surface area contributed by atoms with Gasteiger partial charge in [-0.2, -0.15) is 13.2 Å². The van der Waals surface area contributed by atoms with Crippen molar-refractivity contribution in [2.45, 2.75) is 42.6 Å². The summed E-state index contributed by atoms with van der Waals surface area (Å²) < 4.78 is 59.9. The minimum absolute atomic E-state index is 0.306. The Morgan fingerprint density at radius 1 is 1.24 bits per heavy atom. The maximum atomic E-state index is 12.4. The summed E-state index contributed by atoms with van der Waals surface area (Å²) in [5.74, 6) is 0.614. The van der Waals surface area contributed by atoms with Gasteiger partial charge in [0.15, 0.2) is 0 Å². The molecule has 1 N–H and O–H groups in total. The number of likely N-dealkylation sites (N-methyl/N-ethyl adjacent to an activating group) is 1. The molecule has 1 aliphatic rings. The van der Waals surface area contributed by atoms with Crippen molar-refractivity contribution < 1.29 is 21.6 Å². The molecule has 7 heteroatoms. The summed E-state index contributed by atoms with van der Waals surface area (Å²) in [5.41, 5.74) is -4.41. The van der Waals surface area contributed by atoms with Crippen molar-refractivity contribution in [3.8, 4) is 0 Å². The second kappa shape index (κ2) is 5.96. The molecule has 1 atom stereocenters. The van der Waals surface area contributed by atoms with Gasteiger partial charge in [-0.1, -0.05) is 19.1 Å². The van der Waals surface area contributed by atoms with Crippen LogP contribution in [0.25, 0.3) is 0 Å². The molecule has 2 rings (SSSR count). The fourth-order valence-corrected chi connectivity index (χ4v) is 3.12. The maximum absolute atomic E-state index is 12.4. The third-order valence-corrected chi connectivity index (χ3v) is 5.15. The van der Waals surface area contributed by atoms with E-state index < -0.39 is 20.2 Å². The molecule has 1 saturated carbocycles. The lowest BCUT2D eigenvalue weighted by Gasteiger charge is -2.17. The first-order valence-corrected chi connectivity index (χ1v) is 8.37. The highest BCUT2D eigenvalue weighted by molar-refractivity contribution is 7.92. The molecule has 1 unspecified atom stereocenters. The van der Waals surface area contributed by atoms with Crippen molar-refractivity contribution in [2.24, 2.45) is 5.92 Å². The van der Waals surface area contributed by atoms with Gasteiger partial charge in [-0.15, -0.1) is 0 Å². The zero-order chi connectivity index (χ0) is 15.7. The number of halogens is 3. The van der Waals surface area contributed by atoms with E-state index >= 15 is 0 Å². The lowest BCUT2D eigenvalue weighted by Crippen LogP contribution is -2.32. The molecule has 0 bridgehead atoms. The van der Waals surface area contributed by atoms with E-state index in [1.807, 2.05) is 6.92 Å². The third kappa shape index (κ3) is 3.77. The number of rotatable bonds is 6. The van der Waals surface area contributed by atoms with Crippen LogP contribution in [0.3, 0.4) is 0 Å². The van der Waals surface area contributed by atoms with Gasteiger partial charge in [-0.3, -0.25) is 0 Å². The van der Waals surface area contributed by atoms with Crippen molar-refractivity contribution in [2.75, 3.05) is 6.54 Å². The van der Waals surface area contributed by atoms with Gasteiger partial charge in [0, 0.05) is 6.04 Å². The quantitative estimate of drug-likeness (QED) is 0.876. The van der Waals surface area contributed by atoms with Crippen LogP contribution in [-0.4, -0.2) is 26.5 Å². The number of hydrogen-bond acceptors (Lipinski definition) is 3. The van der Waals surface area contributed by atoms with Crippen LogP contribution >= 0.6 is 0 Å². The summed E-state index contributed by atoms with van der Waals surface area (Å²) in [4.78, 5) is -0.704. The Hall–Kier alpha value is -1.08. The summed E-state index contributed by atoms with van der Waals surface area (Å²) in [6.45, 7) is 2.84. The van der Waals surface area contributed by atoms with Crippen LogP contribution in [0.1, 0.15) is 25.3 Å². The summed E-state index contributed by atoms with van der Waals surface area (Å²) in [5, 5.41) is 3.36. The number of benzene rings is 1. The van der Waals surface area contributed by atoms with Gasteiger partial charge in [-0.25, -0.2) is 8.42 Å². The number of sulfone groups is 1. The van der Waals surface area contributed by atoms with Crippen LogP contribution in [0.2, 0.25) is 0 Å². The molecule has 1 fully saturated rings. The fourth-order valence-electron chi connectivity index (χ4n) is 2.36. The Labute approximate surface area is 122 Å². The van der Waals surface area contributed by atoms with Crippen LogP contribution in [0.15, 0.2) is 29.2 Å². The molecule has 21 heavy (non-hydrogen) atoms. The topological polar surface area (TPSA) is 46.2 Å². The molecule has 0 amide bonds. The van der Waals surface area contributed by atoms with Gasteiger partial charge in [0.2, 0.25) is 0 Å². The first kappa shape index (κ1) is 16.3. The lowest BCUT2D eigenvalue weighted by atomic mass is 10.0. The van der Waals surface area contributed by atoms with Gasteiger partial charge < -0.3 is 5.32 Å². The molecular weight excluding hydrogens is 303 g/mol. The molecule has 0 aromatic heterocycles. The van der Waals surface area contributed by atoms with Crippen molar-refractivity contribution in [1.82, 2.24) is 5.32 Å². The third-order valence-electron chi connectivity index (χ3n) is 3.65. The van der Waals surface area contributed by atoms with E-state index in [1.54, 1.807) is 0 Å². The molecule has 0 saturated heterocycles. The molecule has 0 radical (unpaired) electrons. The van der Waals surface area contributed by atoms with Crippen LogP contribution in [0.5, 0.6) is 0 Å². The molecule has 0 heterocycles. The standard InChI is InChI=1S/C14H18F3NO2S/c1-2-18-13(11-5-6-11)9-10-3-7-12(8-4-10)21(19,20)14(15,16)17/h3-4,7-8,11,13,18H,2,5-6,9H2,1H3. The van der Waals surface area contributed by atoms with Crippen LogP contribution < -0.4 is 5.32 Å². The van der Waals surface area contributed by atoms with Gasteiger partial charge in [0.05, 0.1) is 4.90 Å². The van der Waals surface area contributed by atoms with Crippen LogP contribution in [0.4, 0.5) is 13.2 Å². The Bertz CT molecular complexity index is 577. The normalized spacial score (nSPS) is 17.7. The van der Waals surface area contributed by atoms with E-state index in [4.69, 9.17) is 0 Å². The average molecular weight is 321 g/mol. The van der Waals surface area contributed by atoms with Crippen molar-refractivity contribution in [3.05, 3.63) is 29.8 Å². The predicted octanol–water partition coefficient (Wildman–Crippen LogP) is 2.91. The first-order chi connectivity index (χ1) is 9.75. The zero-order valence-corrected chi connectivity index (χ0v) is 12.5. The van der Waals surface area contributed by atoms with Crippen molar-refractivity contribution in [3.63, 3.8) is 0 Å². The van der Waals surface area contributed by atoms with E-state index in [0.717, 1.165) is 37.1 Å². The van der Waals surface area contributed by atoms with Crippen molar-refractivity contribution in [1.29, 1.82) is 0 Å². The maximum Gasteiger partial charge on any atom is 0.501 e. The summed E-state index contributed by atoms with van der Waals surface area (Å²) in [6, 6.07) is 5.30. The van der Waals surface area contributed by atoms with Crippen LogP contribution in [-0.2, 0) is 16.3 Å². The second-order valence-electron chi connectivity index (χ2n) is 5.30. The van der Waals surface area contributed by atoms with Crippen LogP contribution in [0, 0.1) is 5.92 Å². The lowest BCUT2D eigenvalue weighted by molar-refractivity contribution is -0.0436. The van der Waals surface area contributed by atoms with E-state index in [1.165, 1.54) is 12.1 Å². The molecule has 118 valence electrons. The molecule has 0 spiro atoms. The number of nitrogens with one attached hydrogen (secondary N) is 1. The smallest absolute Gasteiger partial charge is 0.314 e. The Balaban J connectivity index is 2.12. The van der Waals surface area contributed by atoms with E-state index in [0.29, 0.717) is 18.4 Å². The molecule has 3 nitrogen and oxygen atoms in total. The molecule has 0 aliphatic heterocycles. The summed E-state index contributed by atoms with van der Waals surface area (Å²) >= 11 is 0. The van der Waals surface area contributed by atoms with Crippen molar-refractivity contribution >= 4 is 9.84 Å². The highest BCUT2D eigenvalue weighted by Gasteiger charge is 2.46. The molecular formula is C14H18F3NO2S. The first-order valence-electron chi connectivity index (χ1n) is 6.89. The van der Waals surface area contributed by atoms with Gasteiger partial charge in [0.1, 0.15) is 0 Å². The summed E-state index contributed by atoms with van der Waals surface area (Å²) in [7, 11) is -5.25.